The summed E-state index contributed by atoms with van der Waals surface area (Å²) in [6, 6.07) is 22.4. The molecule has 1 saturated heterocycles. The van der Waals surface area contributed by atoms with Gasteiger partial charge in [0.05, 0.1) is 6.54 Å². The van der Waals surface area contributed by atoms with Gasteiger partial charge in [0.15, 0.2) is 12.6 Å². The molecule has 39 heavy (non-hydrogen) atoms. The van der Waals surface area contributed by atoms with Gasteiger partial charge in [-0.1, -0.05) is 49.4 Å². The third-order valence-corrected chi connectivity index (χ3v) is 7.86. The van der Waals surface area contributed by atoms with Crippen LogP contribution < -0.4 is 14.4 Å². The van der Waals surface area contributed by atoms with Gasteiger partial charge >= 0.3 is 0 Å². The fraction of sp³-hybridized carbons (Fsp3) is 0.355. The molecule has 1 aromatic heterocycles. The molecular formula is C31H34ClFN3O3+. The molecule has 2 aliphatic rings. The van der Waals surface area contributed by atoms with Crippen molar-refractivity contribution in [3.8, 4) is 17.2 Å². The number of alkyl halides is 1. The molecule has 3 heterocycles. The molecule has 1 N–H and O–H groups in total. The maximum atomic E-state index is 13.7. The van der Waals surface area contributed by atoms with E-state index in [0.29, 0.717) is 30.0 Å². The van der Waals surface area contributed by atoms with Crippen molar-refractivity contribution in [2.45, 2.75) is 44.8 Å². The van der Waals surface area contributed by atoms with E-state index in [-0.39, 0.29) is 11.9 Å². The SMILES string of the molecule is CC[C@@H]1CC[NH+](Cc2nnc(C3(C)c4ccccc4Oc4ccccc43)o2)CC1Oc1cccc(F)c1.CCl. The molecular weight excluding hydrogens is 517 g/mol. The van der Waals surface area contributed by atoms with Gasteiger partial charge in [-0.3, -0.25) is 0 Å². The molecule has 1 fully saturated rings. The number of halogens is 2. The Morgan fingerprint density at radius 3 is 2.36 bits per heavy atom. The quantitative estimate of drug-likeness (QED) is 0.308. The number of hydrogen-bond donors (Lipinski definition) is 1. The first-order chi connectivity index (χ1) is 19.0. The molecule has 0 amide bonds. The maximum absolute atomic E-state index is 13.7. The molecule has 2 aliphatic heterocycles. The van der Waals surface area contributed by atoms with Crippen LogP contribution >= 0.6 is 11.6 Å². The van der Waals surface area contributed by atoms with Crippen molar-refractivity contribution in [1.82, 2.24) is 10.2 Å². The van der Waals surface area contributed by atoms with E-state index in [0.717, 1.165) is 48.6 Å². The molecule has 0 spiro atoms. The van der Waals surface area contributed by atoms with E-state index in [1.54, 1.807) is 6.07 Å². The summed E-state index contributed by atoms with van der Waals surface area (Å²) in [5, 5.41) is 9.01. The van der Waals surface area contributed by atoms with Crippen molar-refractivity contribution in [2.24, 2.45) is 5.92 Å². The van der Waals surface area contributed by atoms with Gasteiger partial charge in [0.2, 0.25) is 5.89 Å². The lowest BCUT2D eigenvalue weighted by Crippen LogP contribution is -3.13. The van der Waals surface area contributed by atoms with Crippen molar-refractivity contribution in [2.75, 3.05) is 19.5 Å². The number of fused-ring (bicyclic) bond motifs is 2. The lowest BCUT2D eigenvalue weighted by molar-refractivity contribution is -0.924. The fourth-order valence-electron chi connectivity index (χ4n) is 5.78. The Morgan fingerprint density at radius 2 is 1.69 bits per heavy atom. The average Bonchev–Trinajstić information content (AvgIpc) is 3.44. The van der Waals surface area contributed by atoms with Gasteiger partial charge in [-0.2, -0.15) is 0 Å². The highest BCUT2D eigenvalue weighted by Crippen LogP contribution is 2.50. The molecule has 3 atom stereocenters. The normalized spacial score (nSPS) is 21.0. The van der Waals surface area contributed by atoms with Gasteiger partial charge < -0.3 is 18.8 Å². The van der Waals surface area contributed by atoms with E-state index >= 15 is 0 Å². The van der Waals surface area contributed by atoms with Crippen molar-refractivity contribution < 1.29 is 23.2 Å². The summed E-state index contributed by atoms with van der Waals surface area (Å²) in [5.41, 5.74) is 1.39. The average molecular weight is 551 g/mol. The third-order valence-electron chi connectivity index (χ3n) is 7.86. The Kier molecular flexibility index (Phi) is 8.19. The van der Waals surface area contributed by atoms with Gasteiger partial charge in [-0.15, -0.1) is 21.8 Å². The van der Waals surface area contributed by atoms with Crippen molar-refractivity contribution in [3.63, 3.8) is 0 Å². The summed E-state index contributed by atoms with van der Waals surface area (Å²) in [5.74, 6) is 3.48. The molecule has 8 heteroatoms. The van der Waals surface area contributed by atoms with E-state index in [4.69, 9.17) is 13.9 Å². The molecule has 204 valence electrons. The van der Waals surface area contributed by atoms with Crippen LogP contribution in [-0.2, 0) is 12.0 Å². The molecule has 0 bridgehead atoms. The number of para-hydroxylation sites is 2. The predicted octanol–water partition coefficient (Wildman–Crippen LogP) is 5.79. The lowest BCUT2D eigenvalue weighted by atomic mass is 9.74. The number of hydrogen-bond acceptors (Lipinski definition) is 5. The van der Waals surface area contributed by atoms with Gasteiger partial charge in [0, 0.05) is 35.9 Å². The predicted molar refractivity (Wildman–Crippen MR) is 148 cm³/mol. The molecule has 2 unspecified atom stereocenters. The van der Waals surface area contributed by atoms with Crippen molar-refractivity contribution in [3.05, 3.63) is 102 Å². The van der Waals surface area contributed by atoms with Crippen LogP contribution in [0.5, 0.6) is 17.2 Å². The van der Waals surface area contributed by atoms with Crippen LogP contribution in [-0.4, -0.2) is 35.8 Å². The Balaban J connectivity index is 0.00000151. The van der Waals surface area contributed by atoms with Crippen LogP contribution in [0.25, 0.3) is 0 Å². The number of nitrogens with zero attached hydrogens (tertiary/aromatic N) is 2. The second kappa shape index (κ2) is 11.8. The Morgan fingerprint density at radius 1 is 1.00 bits per heavy atom. The number of benzene rings is 3. The summed E-state index contributed by atoms with van der Waals surface area (Å²) < 4.78 is 32.5. The summed E-state index contributed by atoms with van der Waals surface area (Å²) in [4.78, 5) is 1.32. The van der Waals surface area contributed by atoms with E-state index in [2.05, 4.69) is 47.8 Å². The zero-order valence-corrected chi connectivity index (χ0v) is 23.2. The van der Waals surface area contributed by atoms with Crippen molar-refractivity contribution in [1.29, 1.82) is 0 Å². The fourth-order valence-corrected chi connectivity index (χ4v) is 5.78. The number of likely N-dealkylation sites (tertiary alicyclic amines) is 1. The summed E-state index contributed by atoms with van der Waals surface area (Å²) in [6.07, 6.45) is 3.53. The van der Waals surface area contributed by atoms with Crippen LogP contribution in [0.3, 0.4) is 0 Å². The number of aromatic nitrogens is 2. The van der Waals surface area contributed by atoms with E-state index < -0.39 is 5.41 Å². The van der Waals surface area contributed by atoms with Crippen LogP contribution in [0.1, 0.15) is 49.6 Å². The highest BCUT2D eigenvalue weighted by atomic mass is 35.5. The first-order valence-electron chi connectivity index (χ1n) is 13.4. The van der Waals surface area contributed by atoms with Gasteiger partial charge in [-0.05, 0) is 37.6 Å². The Hall–Kier alpha value is -3.42. The lowest BCUT2D eigenvalue weighted by Gasteiger charge is -2.35. The van der Waals surface area contributed by atoms with Crippen LogP contribution in [0.4, 0.5) is 4.39 Å². The second-order valence-corrected chi connectivity index (χ2v) is 10.2. The minimum atomic E-state index is -0.621. The largest absolute Gasteiger partial charge is 0.484 e. The highest BCUT2D eigenvalue weighted by molar-refractivity contribution is 6.15. The number of piperidine rings is 1. The smallest absolute Gasteiger partial charge is 0.271 e. The van der Waals surface area contributed by atoms with Crippen LogP contribution in [0.2, 0.25) is 0 Å². The summed E-state index contributed by atoms with van der Waals surface area (Å²) >= 11 is 4.64. The molecule has 0 aliphatic carbocycles. The van der Waals surface area contributed by atoms with Gasteiger partial charge in [0.25, 0.3) is 5.89 Å². The van der Waals surface area contributed by atoms with E-state index in [1.807, 2.05) is 42.5 Å². The van der Waals surface area contributed by atoms with Gasteiger partial charge in [-0.25, -0.2) is 4.39 Å². The zero-order valence-electron chi connectivity index (χ0n) is 22.5. The molecule has 6 rings (SSSR count). The topological polar surface area (TPSA) is 61.8 Å². The Bertz CT molecular complexity index is 1370. The molecule has 0 saturated carbocycles. The zero-order chi connectivity index (χ0) is 27.4. The minimum Gasteiger partial charge on any atom is -0.484 e. The molecule has 4 aromatic rings. The van der Waals surface area contributed by atoms with E-state index in [1.165, 1.54) is 23.4 Å². The van der Waals surface area contributed by atoms with Crippen LogP contribution in [0.15, 0.2) is 77.2 Å². The number of ether oxygens (including phenoxy) is 2. The molecule has 3 aromatic carbocycles. The van der Waals surface area contributed by atoms with E-state index in [9.17, 15) is 4.39 Å². The number of nitrogens with one attached hydrogen (secondary N) is 1. The molecule has 6 nitrogen and oxygen atoms in total. The standard InChI is InChI=1S/C30H30FN3O3.CH3Cl/c1-3-20-15-16-34(18-27(20)35-22-10-8-9-21(31)17-22)19-28-32-33-29(37-28)30(2)23-11-4-6-13-25(23)36-26-14-7-5-12-24(26)30;1-2/h4-14,17,20,27H,3,15-16,18-19H2,1-2H3;1H3/p+1/t20-,27?;/m1./s1. The molecule has 0 radical (unpaired) electrons. The summed E-state index contributed by atoms with van der Waals surface area (Å²) in [6.45, 7) is 6.71. The first-order valence-corrected chi connectivity index (χ1v) is 14.1. The Labute approximate surface area is 233 Å². The first kappa shape index (κ1) is 27.2. The van der Waals surface area contributed by atoms with Crippen LogP contribution in [0, 0.1) is 11.7 Å². The minimum absolute atomic E-state index is 0.00436. The number of quaternary nitrogens is 1. The summed E-state index contributed by atoms with van der Waals surface area (Å²) in [7, 11) is 0. The van der Waals surface area contributed by atoms with Crippen molar-refractivity contribution >= 4 is 11.6 Å². The second-order valence-electron chi connectivity index (χ2n) is 10.2. The number of rotatable bonds is 6. The third kappa shape index (κ3) is 5.38. The maximum Gasteiger partial charge on any atom is 0.271 e. The highest BCUT2D eigenvalue weighted by Gasteiger charge is 2.44. The van der Waals surface area contributed by atoms with Gasteiger partial charge in [0.1, 0.15) is 35.0 Å². The monoisotopic (exact) mass is 550 g/mol.